The maximum Gasteiger partial charge on any atom is 0.0789 e. The zero-order valence-electron chi connectivity index (χ0n) is 7.14. The molecule has 11 heavy (non-hydrogen) atoms. The van der Waals surface area contributed by atoms with Gasteiger partial charge in [0.15, 0.2) is 0 Å². The van der Waals surface area contributed by atoms with Crippen molar-refractivity contribution in [2.24, 2.45) is 0 Å². The van der Waals surface area contributed by atoms with Crippen molar-refractivity contribution >= 4 is 0 Å². The average Bonchev–Trinajstić information content (AvgIpc) is 2.12. The highest BCUT2D eigenvalue weighted by molar-refractivity contribution is 5.31. The fourth-order valence-electron chi connectivity index (χ4n) is 1.61. The van der Waals surface area contributed by atoms with Gasteiger partial charge in [0, 0.05) is 0 Å². The second-order valence-corrected chi connectivity index (χ2v) is 3.11. The van der Waals surface area contributed by atoms with E-state index in [1.165, 1.54) is 6.42 Å². The molecule has 0 aliphatic heterocycles. The summed E-state index contributed by atoms with van der Waals surface area (Å²) >= 11 is 0. The summed E-state index contributed by atoms with van der Waals surface area (Å²) in [6.07, 6.45) is 5.98. The summed E-state index contributed by atoms with van der Waals surface area (Å²) in [6.45, 7) is 5.92. The Morgan fingerprint density at radius 3 is 2.91 bits per heavy atom. The molecule has 0 bridgehead atoms. The molecule has 0 unspecified atom stereocenters. The van der Waals surface area contributed by atoms with Crippen molar-refractivity contribution in [3.05, 3.63) is 23.8 Å². The molecule has 1 aliphatic rings. The molecule has 0 aromatic heterocycles. The van der Waals surface area contributed by atoms with E-state index >= 15 is 0 Å². The molecular weight excluding hydrogens is 136 g/mol. The van der Waals surface area contributed by atoms with Gasteiger partial charge < -0.3 is 5.11 Å². The lowest BCUT2D eigenvalue weighted by Crippen LogP contribution is -2.08. The Morgan fingerprint density at radius 2 is 2.27 bits per heavy atom. The van der Waals surface area contributed by atoms with Gasteiger partial charge in [-0.3, -0.25) is 0 Å². The Morgan fingerprint density at radius 1 is 1.55 bits per heavy atom. The summed E-state index contributed by atoms with van der Waals surface area (Å²) < 4.78 is 0. The second-order valence-electron chi connectivity index (χ2n) is 3.11. The molecule has 1 rings (SSSR count). The van der Waals surface area contributed by atoms with Crippen LogP contribution < -0.4 is 0 Å². The van der Waals surface area contributed by atoms with E-state index in [4.69, 9.17) is 0 Å². The van der Waals surface area contributed by atoms with E-state index in [0.29, 0.717) is 0 Å². The van der Waals surface area contributed by atoms with Gasteiger partial charge in [-0.15, -0.1) is 0 Å². The highest BCUT2D eigenvalue weighted by Crippen LogP contribution is 2.26. The first kappa shape index (κ1) is 8.54. The first-order chi connectivity index (χ1) is 5.25. The van der Waals surface area contributed by atoms with Gasteiger partial charge in [0.25, 0.3) is 0 Å². The van der Waals surface area contributed by atoms with Gasteiger partial charge in [0.2, 0.25) is 0 Å². The maximum atomic E-state index is 9.59. The van der Waals surface area contributed by atoms with Gasteiger partial charge >= 0.3 is 0 Å². The smallest absolute Gasteiger partial charge is 0.0789 e. The number of aliphatic hydroxyl groups excluding tert-OH is 1. The molecule has 1 aliphatic carbocycles. The van der Waals surface area contributed by atoms with Crippen LogP contribution in [-0.2, 0) is 0 Å². The molecule has 0 amide bonds. The number of allylic oxidation sites excluding steroid dienone is 1. The van der Waals surface area contributed by atoms with Gasteiger partial charge in [0.1, 0.15) is 0 Å². The first-order valence-electron chi connectivity index (χ1n) is 4.28. The number of aliphatic hydroxyl groups is 1. The molecule has 0 saturated heterocycles. The predicted molar refractivity (Wildman–Crippen MR) is 47.4 cm³/mol. The largest absolute Gasteiger partial charge is 0.388 e. The summed E-state index contributed by atoms with van der Waals surface area (Å²) in [5.74, 6) is 0. The third kappa shape index (κ3) is 1.93. The topological polar surface area (TPSA) is 20.2 Å². The Kier molecular flexibility index (Phi) is 2.89. The van der Waals surface area contributed by atoms with E-state index in [9.17, 15) is 5.11 Å². The lowest BCUT2D eigenvalue weighted by molar-refractivity contribution is 0.203. The van der Waals surface area contributed by atoms with Gasteiger partial charge in [-0.2, -0.15) is 0 Å². The molecule has 1 fully saturated rings. The van der Waals surface area contributed by atoms with Crippen molar-refractivity contribution in [1.82, 2.24) is 0 Å². The monoisotopic (exact) mass is 152 g/mol. The molecule has 0 heterocycles. The summed E-state index contributed by atoms with van der Waals surface area (Å²) in [5.41, 5.74) is 2.18. The van der Waals surface area contributed by atoms with Crippen LogP contribution in [0.2, 0.25) is 0 Å². The van der Waals surface area contributed by atoms with Crippen molar-refractivity contribution in [3.63, 3.8) is 0 Å². The van der Waals surface area contributed by atoms with Crippen molar-refractivity contribution in [3.8, 4) is 0 Å². The van der Waals surface area contributed by atoms with Crippen molar-refractivity contribution in [2.75, 3.05) is 0 Å². The minimum Gasteiger partial charge on any atom is -0.388 e. The van der Waals surface area contributed by atoms with Crippen LogP contribution >= 0.6 is 0 Å². The fraction of sp³-hybridized carbons (Fsp3) is 0.600. The molecule has 0 spiro atoms. The normalized spacial score (nSPS) is 30.5. The Balaban J connectivity index is 2.75. The van der Waals surface area contributed by atoms with Crippen LogP contribution in [0.1, 0.15) is 32.6 Å². The van der Waals surface area contributed by atoms with Crippen LogP contribution in [0.25, 0.3) is 0 Å². The molecule has 1 saturated carbocycles. The lowest BCUT2D eigenvalue weighted by Gasteiger charge is -2.11. The van der Waals surface area contributed by atoms with Crippen molar-refractivity contribution < 1.29 is 5.11 Å². The summed E-state index contributed by atoms with van der Waals surface area (Å²) in [7, 11) is 0. The number of hydrogen-bond acceptors (Lipinski definition) is 1. The Labute approximate surface area is 68.4 Å². The van der Waals surface area contributed by atoms with Gasteiger partial charge in [-0.25, -0.2) is 0 Å². The summed E-state index contributed by atoms with van der Waals surface area (Å²) in [4.78, 5) is 0. The van der Waals surface area contributed by atoms with Gasteiger partial charge in [-0.05, 0) is 37.3 Å². The Bertz CT molecular complexity index is 179. The number of hydrogen-bond donors (Lipinski definition) is 1. The van der Waals surface area contributed by atoms with Crippen LogP contribution in [0.4, 0.5) is 0 Å². The molecular formula is C10H16O. The molecule has 0 aromatic rings. The predicted octanol–water partition coefficient (Wildman–Crippen LogP) is 2.42. The fourth-order valence-corrected chi connectivity index (χ4v) is 1.61. The first-order valence-corrected chi connectivity index (χ1v) is 4.28. The van der Waals surface area contributed by atoms with E-state index in [0.717, 1.165) is 30.4 Å². The number of rotatable bonds is 0. The summed E-state index contributed by atoms with van der Waals surface area (Å²) in [5, 5.41) is 9.59. The van der Waals surface area contributed by atoms with E-state index < -0.39 is 0 Å². The lowest BCUT2D eigenvalue weighted by atomic mass is 10.0. The Hall–Kier alpha value is -0.560. The molecule has 62 valence electrons. The molecule has 1 atom stereocenters. The van der Waals surface area contributed by atoms with Crippen molar-refractivity contribution in [2.45, 2.75) is 38.7 Å². The molecule has 1 nitrogen and oxygen atoms in total. The third-order valence-electron chi connectivity index (χ3n) is 2.28. The van der Waals surface area contributed by atoms with Crippen LogP contribution in [0, 0.1) is 0 Å². The van der Waals surface area contributed by atoms with Crippen LogP contribution in [-0.4, -0.2) is 11.2 Å². The molecule has 0 radical (unpaired) electrons. The van der Waals surface area contributed by atoms with Crippen LogP contribution in [0.3, 0.4) is 0 Å². The minimum atomic E-state index is -0.255. The third-order valence-corrected chi connectivity index (χ3v) is 2.28. The minimum absolute atomic E-state index is 0.255. The van der Waals surface area contributed by atoms with E-state index in [-0.39, 0.29) is 6.10 Å². The molecule has 0 aromatic carbocycles. The van der Waals surface area contributed by atoms with Crippen LogP contribution in [0.5, 0.6) is 0 Å². The molecule has 1 N–H and O–H groups in total. The highest BCUT2D eigenvalue weighted by atomic mass is 16.3. The zero-order valence-corrected chi connectivity index (χ0v) is 7.14. The van der Waals surface area contributed by atoms with Crippen molar-refractivity contribution in [1.29, 1.82) is 0 Å². The standard InChI is InChI=1S/C10H16O/c1-3-9-8(2)6-4-5-7-10(9)11/h3,10-11H,2,4-7H2,1H3/b9-3+/t10-/m1/s1. The van der Waals surface area contributed by atoms with E-state index in [2.05, 4.69) is 6.58 Å². The van der Waals surface area contributed by atoms with Gasteiger partial charge in [-0.1, -0.05) is 19.1 Å². The summed E-state index contributed by atoms with van der Waals surface area (Å²) in [6, 6.07) is 0. The zero-order chi connectivity index (χ0) is 8.27. The SMILES string of the molecule is C=C1CCCC[C@@H](O)/C1=C/C. The average molecular weight is 152 g/mol. The highest BCUT2D eigenvalue weighted by Gasteiger charge is 2.15. The van der Waals surface area contributed by atoms with Crippen LogP contribution in [0.15, 0.2) is 23.8 Å². The van der Waals surface area contributed by atoms with E-state index in [1.54, 1.807) is 0 Å². The molecule has 1 heteroatoms. The second kappa shape index (κ2) is 3.72. The maximum absolute atomic E-state index is 9.59. The van der Waals surface area contributed by atoms with E-state index in [1.807, 2.05) is 13.0 Å². The quantitative estimate of drug-likeness (QED) is 0.528. The van der Waals surface area contributed by atoms with Gasteiger partial charge in [0.05, 0.1) is 6.10 Å².